The molecule has 17 heteroatoms. The minimum absolute atomic E-state index is 0.163. The predicted molar refractivity (Wildman–Crippen MR) is 247 cm³/mol. The van der Waals surface area contributed by atoms with Crippen LogP contribution in [0.3, 0.4) is 0 Å². The number of amides is 2. The molecule has 2 amide bonds. The van der Waals surface area contributed by atoms with E-state index in [4.69, 9.17) is 36.3 Å². The van der Waals surface area contributed by atoms with Gasteiger partial charge in [0.05, 0.1) is 28.4 Å². The van der Waals surface area contributed by atoms with E-state index in [1.807, 2.05) is 94.4 Å². The monoisotopic (exact) mass is 899 g/mol. The van der Waals surface area contributed by atoms with Gasteiger partial charge in [0, 0.05) is 42.7 Å². The molecule has 1 aliphatic heterocycles. The zero-order valence-electron chi connectivity index (χ0n) is 37.4. The van der Waals surface area contributed by atoms with Gasteiger partial charge in [0.1, 0.15) is 30.7 Å². The topological polar surface area (TPSA) is 211 Å². The van der Waals surface area contributed by atoms with Crippen LogP contribution in [0.25, 0.3) is 22.1 Å². The average Bonchev–Trinajstić information content (AvgIpc) is 4.06. The van der Waals surface area contributed by atoms with Crippen molar-refractivity contribution in [3.63, 3.8) is 0 Å². The average molecular weight is 900 g/mol. The second kappa shape index (κ2) is 24.4. The van der Waals surface area contributed by atoms with Gasteiger partial charge in [0.25, 0.3) is 0 Å². The first-order valence-corrected chi connectivity index (χ1v) is 21.1. The molecule has 0 saturated carbocycles. The summed E-state index contributed by atoms with van der Waals surface area (Å²) >= 11 is 4.97. The number of nitrogens with one attached hydrogen (secondary N) is 3. The first-order chi connectivity index (χ1) is 30.4. The van der Waals surface area contributed by atoms with E-state index in [2.05, 4.69) is 30.3 Å². The molecule has 0 atom stereocenters. The van der Waals surface area contributed by atoms with E-state index in [0.717, 1.165) is 46.5 Å². The van der Waals surface area contributed by atoms with Gasteiger partial charge in [-0.15, -0.1) is 0 Å². The number of carbonyl (C=O) groups excluding carboxylic acids is 4. The summed E-state index contributed by atoms with van der Waals surface area (Å²) in [6, 6.07) is 25.9. The Bertz CT molecular complexity index is 2410. The lowest BCUT2D eigenvalue weighted by Crippen LogP contribution is -2.27. The van der Waals surface area contributed by atoms with Gasteiger partial charge in [-0.3, -0.25) is 10.6 Å². The van der Waals surface area contributed by atoms with E-state index in [0.29, 0.717) is 35.4 Å². The molecule has 0 unspecified atom stereocenters. The highest BCUT2D eigenvalue weighted by Crippen LogP contribution is 2.25. The fourth-order valence-corrected chi connectivity index (χ4v) is 5.94. The number of nitrogens with two attached hydrogens (primary N) is 1. The summed E-state index contributed by atoms with van der Waals surface area (Å²) in [6.45, 7) is 15.6. The molecule has 0 aliphatic carbocycles. The standard InChI is InChI=1S/C22H25N3O4.C13H18N4O2.C8H7ClO2.C4H8O/c1-5-16-11-17(24-20(26)29-22(2,3)4)12-18-19(16)23-14-25(18)21(27)28-13-15-9-7-6-8-10-15;1-13(2,3)19-12(18)17-9-4-8(6-14)11-10(5-9)15-7-16-11;9-8(10)11-6-7-4-2-1-3-5-7;1-2-4-5-3-1/h6-12,14H,5,13H2,1-4H3,(H,24,26);4-5,7H,6,14H2,1-3H3,(H,15,16)(H,17,18);1-5H,6H2;1-4H2. The highest BCUT2D eigenvalue weighted by molar-refractivity contribution is 6.61. The van der Waals surface area contributed by atoms with Gasteiger partial charge in [-0.1, -0.05) is 67.6 Å². The molecule has 342 valence electrons. The summed E-state index contributed by atoms with van der Waals surface area (Å²) in [7, 11) is 0. The molecule has 0 bridgehead atoms. The molecule has 1 fully saturated rings. The van der Waals surface area contributed by atoms with E-state index < -0.39 is 34.9 Å². The molecule has 0 radical (unpaired) electrons. The summed E-state index contributed by atoms with van der Waals surface area (Å²) in [4.78, 5) is 58.2. The first-order valence-electron chi connectivity index (χ1n) is 20.8. The number of aryl methyl sites for hydroxylation is 1. The van der Waals surface area contributed by atoms with Crippen molar-refractivity contribution in [3.05, 3.63) is 120 Å². The Morgan fingerprint density at radius 3 is 1.77 bits per heavy atom. The predicted octanol–water partition coefficient (Wildman–Crippen LogP) is 10.9. The summed E-state index contributed by atoms with van der Waals surface area (Å²) in [5, 5.41) is 5.42. The Morgan fingerprint density at radius 2 is 1.28 bits per heavy atom. The normalized spacial score (nSPS) is 12.0. The number of H-pyrrole nitrogens is 1. The van der Waals surface area contributed by atoms with E-state index >= 15 is 0 Å². The molecule has 7 rings (SSSR count). The van der Waals surface area contributed by atoms with Crippen LogP contribution in [0.4, 0.5) is 30.6 Å². The fraction of sp³-hybridized carbons (Fsp3) is 0.362. The highest BCUT2D eigenvalue weighted by Gasteiger charge is 2.20. The number of aromatic nitrogens is 4. The van der Waals surface area contributed by atoms with Crippen molar-refractivity contribution in [2.24, 2.45) is 5.73 Å². The minimum atomic E-state index is -0.770. The van der Waals surface area contributed by atoms with Crippen molar-refractivity contribution in [2.45, 2.75) is 98.7 Å². The Kier molecular flexibility index (Phi) is 19.1. The van der Waals surface area contributed by atoms with Crippen LogP contribution in [0.5, 0.6) is 0 Å². The Labute approximate surface area is 378 Å². The third-order valence-corrected chi connectivity index (χ3v) is 8.76. The summed E-state index contributed by atoms with van der Waals surface area (Å²) < 4.78 is 26.8. The van der Waals surface area contributed by atoms with Gasteiger partial charge in [-0.25, -0.2) is 33.7 Å². The van der Waals surface area contributed by atoms with E-state index in [-0.39, 0.29) is 13.2 Å². The van der Waals surface area contributed by atoms with Crippen LogP contribution in [0.2, 0.25) is 0 Å². The van der Waals surface area contributed by atoms with Crippen LogP contribution in [0.15, 0.2) is 97.6 Å². The first kappa shape index (κ1) is 50.2. The van der Waals surface area contributed by atoms with Crippen LogP contribution >= 0.6 is 11.6 Å². The number of fused-ring (bicyclic) bond motifs is 2. The fourth-order valence-electron chi connectivity index (χ4n) is 5.88. The lowest BCUT2D eigenvalue weighted by molar-refractivity contribution is 0.0624. The molecule has 1 saturated heterocycles. The Balaban J connectivity index is 0.000000217. The molecule has 16 nitrogen and oxygen atoms in total. The second-order valence-corrected chi connectivity index (χ2v) is 16.5. The van der Waals surface area contributed by atoms with Crippen molar-refractivity contribution in [2.75, 3.05) is 23.8 Å². The number of carbonyl (C=O) groups is 4. The molecular weight excluding hydrogens is 842 g/mol. The minimum Gasteiger partial charge on any atom is -0.449 e. The third-order valence-electron chi connectivity index (χ3n) is 8.65. The lowest BCUT2D eigenvalue weighted by Gasteiger charge is -2.20. The van der Waals surface area contributed by atoms with E-state index in [1.165, 1.54) is 23.7 Å². The van der Waals surface area contributed by atoms with Crippen molar-refractivity contribution >= 4 is 68.8 Å². The molecule has 1 aliphatic rings. The molecule has 3 heterocycles. The maximum absolute atomic E-state index is 12.6. The highest BCUT2D eigenvalue weighted by atomic mass is 35.5. The molecule has 64 heavy (non-hydrogen) atoms. The number of halogens is 1. The SMILES string of the molecule is C1CCOC1.CC(C)(C)OC(=O)Nc1cc(CN)c2nc[nH]c2c1.CCc1cc(NC(=O)OC(C)(C)C)cc2c1ncn2C(=O)OCc1ccccc1.O=C(Cl)OCc1ccccc1. The maximum Gasteiger partial charge on any atom is 0.420 e. The Morgan fingerprint density at radius 1 is 0.750 bits per heavy atom. The van der Waals surface area contributed by atoms with Gasteiger partial charge in [-0.05, 0) is 107 Å². The summed E-state index contributed by atoms with van der Waals surface area (Å²) in [6.07, 6.45) is 4.70. The number of imidazole rings is 2. The third kappa shape index (κ3) is 17.3. The van der Waals surface area contributed by atoms with Crippen molar-refractivity contribution in [1.82, 2.24) is 19.5 Å². The smallest absolute Gasteiger partial charge is 0.420 e. The molecule has 4 aromatic carbocycles. The zero-order chi connectivity index (χ0) is 46.7. The zero-order valence-corrected chi connectivity index (χ0v) is 38.1. The molecule has 2 aromatic heterocycles. The van der Waals surface area contributed by atoms with Gasteiger partial charge in [0.2, 0.25) is 0 Å². The number of anilines is 2. The number of ether oxygens (including phenoxy) is 5. The summed E-state index contributed by atoms with van der Waals surface area (Å²) in [5.41, 5.74) is 11.4. The number of aromatic amines is 1. The van der Waals surface area contributed by atoms with Crippen LogP contribution in [-0.4, -0.2) is 67.6 Å². The number of hydrogen-bond donors (Lipinski definition) is 4. The molecule has 0 spiro atoms. The van der Waals surface area contributed by atoms with Crippen LogP contribution in [-0.2, 0) is 49.9 Å². The quantitative estimate of drug-likeness (QED) is 0.0830. The van der Waals surface area contributed by atoms with Crippen LogP contribution in [0, 0.1) is 0 Å². The van der Waals surface area contributed by atoms with Crippen molar-refractivity contribution in [3.8, 4) is 0 Å². The number of rotatable bonds is 8. The van der Waals surface area contributed by atoms with Gasteiger partial charge < -0.3 is 34.4 Å². The Hall–Kier alpha value is -6.49. The molecule has 6 aromatic rings. The number of hydrogen-bond acceptors (Lipinski definition) is 12. The lowest BCUT2D eigenvalue weighted by atomic mass is 10.1. The van der Waals surface area contributed by atoms with Gasteiger partial charge in [-0.2, -0.15) is 0 Å². The molecule has 5 N–H and O–H groups in total. The number of benzene rings is 4. The van der Waals surface area contributed by atoms with Gasteiger partial charge >= 0.3 is 23.7 Å². The largest absolute Gasteiger partial charge is 0.449 e. The number of nitrogens with zero attached hydrogens (tertiary/aromatic N) is 3. The second-order valence-electron chi connectivity index (χ2n) is 16.2. The van der Waals surface area contributed by atoms with E-state index in [1.54, 1.807) is 45.3 Å². The van der Waals surface area contributed by atoms with Crippen molar-refractivity contribution in [1.29, 1.82) is 0 Å². The maximum atomic E-state index is 12.6. The molecular formula is C47H58ClN7O9. The summed E-state index contributed by atoms with van der Waals surface area (Å²) in [5.74, 6) is 0. The van der Waals surface area contributed by atoms with E-state index in [9.17, 15) is 19.2 Å². The van der Waals surface area contributed by atoms with Crippen molar-refractivity contribution < 1.29 is 42.9 Å². The van der Waals surface area contributed by atoms with Crippen LogP contribution in [0.1, 0.15) is 83.6 Å². The van der Waals surface area contributed by atoms with Crippen LogP contribution < -0.4 is 16.4 Å². The van der Waals surface area contributed by atoms with Gasteiger partial charge in [0.15, 0.2) is 0 Å².